The topological polar surface area (TPSA) is 35.5 Å². The van der Waals surface area contributed by atoms with E-state index in [1.54, 1.807) is 0 Å². The third-order valence-corrected chi connectivity index (χ3v) is 5.60. The van der Waals surface area contributed by atoms with Gasteiger partial charge in [0.2, 0.25) is 0 Å². The predicted molar refractivity (Wildman–Crippen MR) is 93.4 cm³/mol. The highest BCUT2D eigenvalue weighted by molar-refractivity contribution is 9.10. The van der Waals surface area contributed by atoms with Crippen molar-refractivity contribution >= 4 is 30.2 Å². The minimum absolute atomic E-state index is 0.0626. The molecule has 0 aromatic heterocycles. The fraction of sp³-hybridized carbons (Fsp3) is 0.235. The zero-order valence-electron chi connectivity index (χ0n) is 12.7. The van der Waals surface area contributed by atoms with Gasteiger partial charge in [-0.15, -0.1) is 0 Å². The highest BCUT2D eigenvalue weighted by Crippen LogP contribution is 2.17. The number of benzene rings is 2. The van der Waals surface area contributed by atoms with E-state index >= 15 is 0 Å². The van der Waals surface area contributed by atoms with Crippen LogP contribution in [0, 0.1) is 0 Å². The van der Waals surface area contributed by atoms with E-state index in [4.69, 9.17) is 9.16 Å². The van der Waals surface area contributed by atoms with Gasteiger partial charge < -0.3 is 9.16 Å². The van der Waals surface area contributed by atoms with Gasteiger partial charge in [-0.2, -0.15) is 0 Å². The molecule has 0 spiro atoms. The van der Waals surface area contributed by atoms with Crippen LogP contribution < -0.4 is 4.74 Å². The first-order chi connectivity index (χ1) is 10.4. The van der Waals surface area contributed by atoms with Gasteiger partial charge in [0, 0.05) is 10.5 Å². The Kier molecular flexibility index (Phi) is 5.80. The average molecular weight is 379 g/mol. The summed E-state index contributed by atoms with van der Waals surface area (Å²) in [5, 5.41) is 0. The van der Waals surface area contributed by atoms with Crippen LogP contribution in [0.4, 0.5) is 0 Å². The summed E-state index contributed by atoms with van der Waals surface area (Å²) in [5.41, 5.74) is 1.20. The smallest absolute Gasteiger partial charge is 0.330 e. The maximum Gasteiger partial charge on any atom is 0.330 e. The lowest BCUT2D eigenvalue weighted by molar-refractivity contribution is -0.137. The van der Waals surface area contributed by atoms with Crippen molar-refractivity contribution in [3.63, 3.8) is 0 Å². The van der Waals surface area contributed by atoms with Gasteiger partial charge in [0.05, 0.1) is 0 Å². The third-order valence-electron chi connectivity index (χ3n) is 3.03. The van der Waals surface area contributed by atoms with Crippen molar-refractivity contribution in [2.75, 3.05) is 6.61 Å². The maximum atomic E-state index is 12.0. The molecular weight excluding hydrogens is 360 g/mol. The zero-order chi connectivity index (χ0) is 16.0. The van der Waals surface area contributed by atoms with Gasteiger partial charge in [0.25, 0.3) is 8.32 Å². The first-order valence-electron chi connectivity index (χ1n) is 7.09. The van der Waals surface area contributed by atoms with Crippen LogP contribution in [0.25, 0.3) is 0 Å². The fourth-order valence-electron chi connectivity index (χ4n) is 2.13. The number of rotatable bonds is 6. The van der Waals surface area contributed by atoms with Crippen molar-refractivity contribution in [2.24, 2.45) is 0 Å². The van der Waals surface area contributed by atoms with E-state index in [1.807, 2.05) is 55.6 Å². The zero-order valence-corrected chi connectivity index (χ0v) is 15.3. The van der Waals surface area contributed by atoms with Crippen LogP contribution in [0.1, 0.15) is 5.56 Å². The summed E-state index contributed by atoms with van der Waals surface area (Å²) in [6, 6.07) is 18.3. The number of halogens is 1. The van der Waals surface area contributed by atoms with Crippen LogP contribution >= 0.6 is 15.9 Å². The standard InChI is InChI=1S/C17H19BrO3Si/c1-22(2,13-14-6-4-3-5-7-14)21-17(19)12-20-16-10-8-15(18)9-11-16/h3-11H,12-13H2,1-2H3. The Labute approximate surface area is 140 Å². The monoisotopic (exact) mass is 378 g/mol. The lowest BCUT2D eigenvalue weighted by atomic mass is 10.2. The molecule has 0 saturated carbocycles. The molecule has 0 aliphatic heterocycles. The molecule has 0 fully saturated rings. The molecule has 2 aromatic rings. The molecule has 0 radical (unpaired) electrons. The molecule has 3 nitrogen and oxygen atoms in total. The minimum Gasteiger partial charge on any atom is -0.517 e. The van der Waals surface area contributed by atoms with Gasteiger partial charge in [-0.25, -0.2) is 4.79 Å². The van der Waals surface area contributed by atoms with Crippen molar-refractivity contribution < 1.29 is 14.0 Å². The molecule has 22 heavy (non-hydrogen) atoms. The van der Waals surface area contributed by atoms with E-state index < -0.39 is 8.32 Å². The van der Waals surface area contributed by atoms with Gasteiger partial charge in [0.1, 0.15) is 5.75 Å². The average Bonchev–Trinajstić information content (AvgIpc) is 2.46. The third kappa shape index (κ3) is 5.65. The molecule has 116 valence electrons. The summed E-state index contributed by atoms with van der Waals surface area (Å²) in [4.78, 5) is 12.0. The molecule has 2 rings (SSSR count). The van der Waals surface area contributed by atoms with Crippen molar-refractivity contribution in [2.45, 2.75) is 19.1 Å². The first kappa shape index (κ1) is 16.8. The second-order valence-corrected chi connectivity index (χ2v) is 10.6. The highest BCUT2D eigenvalue weighted by Gasteiger charge is 2.27. The molecule has 0 aliphatic carbocycles. The molecule has 0 amide bonds. The fourth-order valence-corrected chi connectivity index (χ4v) is 4.36. The molecule has 0 N–H and O–H groups in total. The van der Waals surface area contributed by atoms with Gasteiger partial charge in [0.15, 0.2) is 6.61 Å². The number of carbonyl (C=O) groups is 1. The van der Waals surface area contributed by atoms with Gasteiger partial charge >= 0.3 is 5.97 Å². The summed E-state index contributed by atoms with van der Waals surface area (Å²) < 4.78 is 12.1. The lowest BCUT2D eigenvalue weighted by Gasteiger charge is -2.22. The lowest BCUT2D eigenvalue weighted by Crippen LogP contribution is -2.38. The molecule has 0 heterocycles. The summed E-state index contributed by atoms with van der Waals surface area (Å²) in [6.45, 7) is 4.02. The van der Waals surface area contributed by atoms with E-state index in [9.17, 15) is 4.79 Å². The second kappa shape index (κ2) is 7.60. The molecule has 0 aliphatic rings. The largest absolute Gasteiger partial charge is 0.517 e. The number of ether oxygens (including phenoxy) is 1. The van der Waals surface area contributed by atoms with E-state index in [0.29, 0.717) is 5.75 Å². The minimum atomic E-state index is -2.09. The van der Waals surface area contributed by atoms with Gasteiger partial charge in [-0.3, -0.25) is 0 Å². The Morgan fingerprint density at radius 3 is 2.32 bits per heavy atom. The number of hydrogen-bond donors (Lipinski definition) is 0. The van der Waals surface area contributed by atoms with Crippen LogP contribution in [0.3, 0.4) is 0 Å². The van der Waals surface area contributed by atoms with Crippen LogP contribution in [-0.2, 0) is 15.3 Å². The molecule has 0 unspecified atom stereocenters. The SMILES string of the molecule is C[Si](C)(Cc1ccccc1)OC(=O)COc1ccc(Br)cc1. The van der Waals surface area contributed by atoms with E-state index in [-0.39, 0.29) is 12.6 Å². The molecule has 5 heteroatoms. The summed E-state index contributed by atoms with van der Waals surface area (Å²) in [5.74, 6) is 0.346. The van der Waals surface area contributed by atoms with Crippen LogP contribution in [0.2, 0.25) is 13.1 Å². The summed E-state index contributed by atoms with van der Waals surface area (Å²) in [6.07, 6.45) is 0. The van der Waals surface area contributed by atoms with Crippen molar-refractivity contribution in [1.82, 2.24) is 0 Å². The molecular formula is C17H19BrO3Si. The Morgan fingerprint density at radius 1 is 1.05 bits per heavy atom. The predicted octanol–water partition coefficient (Wildman–Crippen LogP) is 4.36. The van der Waals surface area contributed by atoms with Crippen molar-refractivity contribution in [3.05, 3.63) is 64.6 Å². The van der Waals surface area contributed by atoms with E-state index in [0.717, 1.165) is 10.5 Å². The quantitative estimate of drug-likeness (QED) is 0.700. The Bertz CT molecular complexity index is 612. The van der Waals surface area contributed by atoms with Crippen molar-refractivity contribution in [3.8, 4) is 5.75 Å². The summed E-state index contributed by atoms with van der Waals surface area (Å²) >= 11 is 3.36. The summed E-state index contributed by atoms with van der Waals surface area (Å²) in [7, 11) is -2.09. The number of carbonyl (C=O) groups excluding carboxylic acids is 1. The van der Waals surface area contributed by atoms with E-state index in [2.05, 4.69) is 28.1 Å². The first-order valence-corrected chi connectivity index (χ1v) is 11.0. The Hall–Kier alpha value is -1.59. The van der Waals surface area contributed by atoms with Crippen LogP contribution in [0.5, 0.6) is 5.75 Å². The van der Waals surface area contributed by atoms with Crippen LogP contribution in [0.15, 0.2) is 59.1 Å². The number of hydrogen-bond acceptors (Lipinski definition) is 3. The van der Waals surface area contributed by atoms with E-state index in [1.165, 1.54) is 5.56 Å². The Morgan fingerprint density at radius 2 is 1.68 bits per heavy atom. The molecule has 0 bridgehead atoms. The normalized spacial score (nSPS) is 11.0. The molecule has 2 aromatic carbocycles. The van der Waals surface area contributed by atoms with Gasteiger partial charge in [-0.1, -0.05) is 46.3 Å². The molecule has 0 saturated heterocycles. The maximum absolute atomic E-state index is 12.0. The molecule has 0 atom stereocenters. The van der Waals surface area contributed by atoms with Crippen LogP contribution in [-0.4, -0.2) is 20.9 Å². The van der Waals surface area contributed by atoms with Crippen molar-refractivity contribution in [1.29, 1.82) is 0 Å². The Balaban J connectivity index is 1.83. The van der Waals surface area contributed by atoms with Gasteiger partial charge in [-0.05, 0) is 42.9 Å². The highest BCUT2D eigenvalue weighted by atomic mass is 79.9. The second-order valence-electron chi connectivity index (χ2n) is 5.64.